The van der Waals surface area contributed by atoms with E-state index in [9.17, 15) is 4.79 Å². The number of carbonyl (C=O) groups excluding carboxylic acids is 1. The SMILES string of the molecule is CNCCCC(=O)NC1CCCOc2ccccc21.Cl. The van der Waals surface area contributed by atoms with Crippen molar-refractivity contribution < 1.29 is 9.53 Å². The van der Waals surface area contributed by atoms with Crippen molar-refractivity contribution in [2.24, 2.45) is 0 Å². The number of hydrogen-bond donors (Lipinski definition) is 2. The highest BCUT2D eigenvalue weighted by Gasteiger charge is 2.20. The molecule has 0 fully saturated rings. The number of rotatable bonds is 5. The number of benzene rings is 1. The van der Waals surface area contributed by atoms with Crippen LogP contribution in [0, 0.1) is 0 Å². The Bertz CT molecular complexity index is 426. The van der Waals surface area contributed by atoms with Gasteiger partial charge in [-0.3, -0.25) is 4.79 Å². The monoisotopic (exact) mass is 298 g/mol. The number of amides is 1. The van der Waals surface area contributed by atoms with Crippen molar-refractivity contribution in [2.45, 2.75) is 31.7 Å². The van der Waals surface area contributed by atoms with Crippen LogP contribution in [0.2, 0.25) is 0 Å². The molecule has 1 amide bonds. The molecule has 1 aliphatic rings. The molecular formula is C15H23ClN2O2. The molecule has 2 rings (SSSR count). The van der Waals surface area contributed by atoms with Gasteiger partial charge in [0, 0.05) is 12.0 Å². The van der Waals surface area contributed by atoms with E-state index in [-0.39, 0.29) is 24.4 Å². The summed E-state index contributed by atoms with van der Waals surface area (Å²) in [5.41, 5.74) is 1.10. The summed E-state index contributed by atoms with van der Waals surface area (Å²) in [5, 5.41) is 6.18. The first kappa shape index (κ1) is 16.8. The fourth-order valence-corrected chi connectivity index (χ4v) is 2.37. The second-order valence-electron chi connectivity index (χ2n) is 4.86. The van der Waals surface area contributed by atoms with Gasteiger partial charge in [0.15, 0.2) is 0 Å². The number of halogens is 1. The number of fused-ring (bicyclic) bond motifs is 1. The molecule has 0 aliphatic carbocycles. The fourth-order valence-electron chi connectivity index (χ4n) is 2.37. The van der Waals surface area contributed by atoms with E-state index in [1.54, 1.807) is 0 Å². The Labute approximate surface area is 126 Å². The van der Waals surface area contributed by atoms with E-state index in [1.807, 2.05) is 31.3 Å². The average molecular weight is 299 g/mol. The van der Waals surface area contributed by atoms with Crippen molar-refractivity contribution in [1.29, 1.82) is 0 Å². The highest BCUT2D eigenvalue weighted by Crippen LogP contribution is 2.31. The van der Waals surface area contributed by atoms with Gasteiger partial charge in [-0.1, -0.05) is 18.2 Å². The van der Waals surface area contributed by atoms with Gasteiger partial charge in [-0.15, -0.1) is 12.4 Å². The standard InChI is InChI=1S/C15H22N2O2.ClH/c1-16-10-4-9-15(18)17-13-7-5-11-19-14-8-3-2-6-12(13)14;/h2-3,6,8,13,16H,4-5,7,9-11H2,1H3,(H,17,18);1H. The molecule has 1 heterocycles. The van der Waals surface area contributed by atoms with Gasteiger partial charge in [0.2, 0.25) is 5.91 Å². The van der Waals surface area contributed by atoms with Gasteiger partial charge in [-0.25, -0.2) is 0 Å². The third kappa shape index (κ3) is 4.69. The van der Waals surface area contributed by atoms with Crippen molar-refractivity contribution in [3.63, 3.8) is 0 Å². The molecule has 1 atom stereocenters. The summed E-state index contributed by atoms with van der Waals surface area (Å²) in [4.78, 5) is 11.9. The lowest BCUT2D eigenvalue weighted by molar-refractivity contribution is -0.122. The van der Waals surface area contributed by atoms with E-state index < -0.39 is 0 Å². The van der Waals surface area contributed by atoms with E-state index in [0.717, 1.165) is 43.7 Å². The quantitative estimate of drug-likeness (QED) is 0.821. The molecule has 2 N–H and O–H groups in total. The summed E-state index contributed by atoms with van der Waals surface area (Å²) in [6.45, 7) is 1.60. The maximum Gasteiger partial charge on any atom is 0.220 e. The summed E-state index contributed by atoms with van der Waals surface area (Å²) in [7, 11) is 1.90. The zero-order chi connectivity index (χ0) is 13.5. The third-order valence-corrected chi connectivity index (χ3v) is 3.35. The number of ether oxygens (including phenoxy) is 1. The van der Waals surface area contributed by atoms with Crippen LogP contribution in [0.25, 0.3) is 0 Å². The van der Waals surface area contributed by atoms with E-state index in [2.05, 4.69) is 10.6 Å². The molecule has 0 spiro atoms. The van der Waals surface area contributed by atoms with Gasteiger partial charge in [0.25, 0.3) is 0 Å². The van der Waals surface area contributed by atoms with Crippen LogP contribution in [0.3, 0.4) is 0 Å². The van der Waals surface area contributed by atoms with E-state index in [0.29, 0.717) is 6.42 Å². The molecule has 20 heavy (non-hydrogen) atoms. The Morgan fingerprint density at radius 2 is 2.20 bits per heavy atom. The van der Waals surface area contributed by atoms with E-state index >= 15 is 0 Å². The van der Waals surface area contributed by atoms with Crippen molar-refractivity contribution in [3.05, 3.63) is 29.8 Å². The Balaban J connectivity index is 0.00000200. The van der Waals surface area contributed by atoms with Gasteiger partial charge in [0.05, 0.1) is 12.6 Å². The molecule has 0 saturated carbocycles. The van der Waals surface area contributed by atoms with Crippen LogP contribution < -0.4 is 15.4 Å². The zero-order valence-corrected chi connectivity index (χ0v) is 12.7. The van der Waals surface area contributed by atoms with Crippen LogP contribution in [-0.4, -0.2) is 26.1 Å². The van der Waals surface area contributed by atoms with Crippen LogP contribution in [0.1, 0.15) is 37.3 Å². The summed E-state index contributed by atoms with van der Waals surface area (Å²) >= 11 is 0. The summed E-state index contributed by atoms with van der Waals surface area (Å²) < 4.78 is 5.70. The van der Waals surface area contributed by atoms with Crippen LogP contribution in [-0.2, 0) is 4.79 Å². The van der Waals surface area contributed by atoms with Gasteiger partial charge in [-0.05, 0) is 38.9 Å². The maximum atomic E-state index is 11.9. The zero-order valence-electron chi connectivity index (χ0n) is 11.9. The molecule has 0 aromatic heterocycles. The highest BCUT2D eigenvalue weighted by atomic mass is 35.5. The molecule has 0 radical (unpaired) electrons. The molecule has 112 valence electrons. The van der Waals surface area contributed by atoms with Gasteiger partial charge in [0.1, 0.15) is 5.75 Å². The molecular weight excluding hydrogens is 276 g/mol. The van der Waals surface area contributed by atoms with Gasteiger partial charge < -0.3 is 15.4 Å². The van der Waals surface area contributed by atoms with Crippen LogP contribution in [0.4, 0.5) is 0 Å². The minimum absolute atomic E-state index is 0. The first-order valence-electron chi connectivity index (χ1n) is 6.97. The largest absolute Gasteiger partial charge is 0.493 e. The van der Waals surface area contributed by atoms with Crippen LogP contribution >= 0.6 is 12.4 Å². The number of hydrogen-bond acceptors (Lipinski definition) is 3. The maximum absolute atomic E-state index is 11.9. The molecule has 0 saturated heterocycles. The van der Waals surface area contributed by atoms with Crippen molar-refractivity contribution in [3.8, 4) is 5.75 Å². The highest BCUT2D eigenvalue weighted by molar-refractivity contribution is 5.85. The molecule has 4 nitrogen and oxygen atoms in total. The Kier molecular flexibility index (Phi) is 7.41. The lowest BCUT2D eigenvalue weighted by Gasteiger charge is -2.18. The Hall–Kier alpha value is -1.26. The lowest BCUT2D eigenvalue weighted by Crippen LogP contribution is -2.28. The normalized spacial score (nSPS) is 17.1. The lowest BCUT2D eigenvalue weighted by atomic mass is 10.0. The van der Waals surface area contributed by atoms with E-state index in [4.69, 9.17) is 4.74 Å². The number of nitrogens with one attached hydrogen (secondary N) is 2. The molecule has 5 heteroatoms. The van der Waals surface area contributed by atoms with Crippen LogP contribution in [0.5, 0.6) is 5.75 Å². The first-order valence-corrected chi connectivity index (χ1v) is 6.97. The third-order valence-electron chi connectivity index (χ3n) is 3.35. The molecule has 1 aromatic carbocycles. The van der Waals surface area contributed by atoms with Crippen LogP contribution in [0.15, 0.2) is 24.3 Å². The Morgan fingerprint density at radius 3 is 3.00 bits per heavy atom. The van der Waals surface area contributed by atoms with Crippen molar-refractivity contribution in [2.75, 3.05) is 20.2 Å². The summed E-state index contributed by atoms with van der Waals surface area (Å²) in [5.74, 6) is 1.03. The molecule has 1 aromatic rings. The smallest absolute Gasteiger partial charge is 0.220 e. The number of para-hydroxylation sites is 1. The predicted molar refractivity (Wildman–Crippen MR) is 82.5 cm³/mol. The average Bonchev–Trinajstić information content (AvgIpc) is 2.62. The fraction of sp³-hybridized carbons (Fsp3) is 0.533. The second kappa shape index (κ2) is 8.82. The summed E-state index contributed by atoms with van der Waals surface area (Å²) in [6, 6.07) is 8.06. The van der Waals surface area contributed by atoms with Gasteiger partial charge >= 0.3 is 0 Å². The molecule has 0 bridgehead atoms. The van der Waals surface area contributed by atoms with E-state index in [1.165, 1.54) is 0 Å². The Morgan fingerprint density at radius 1 is 1.40 bits per heavy atom. The first-order chi connectivity index (χ1) is 9.31. The molecule has 1 unspecified atom stereocenters. The topological polar surface area (TPSA) is 50.4 Å². The predicted octanol–water partition coefficient (Wildman–Crippen LogP) is 2.44. The minimum Gasteiger partial charge on any atom is -0.493 e. The minimum atomic E-state index is 0. The second-order valence-corrected chi connectivity index (χ2v) is 4.86. The van der Waals surface area contributed by atoms with Crippen molar-refractivity contribution >= 4 is 18.3 Å². The van der Waals surface area contributed by atoms with Gasteiger partial charge in [-0.2, -0.15) is 0 Å². The molecule has 1 aliphatic heterocycles. The number of carbonyl (C=O) groups is 1. The summed E-state index contributed by atoms with van der Waals surface area (Å²) in [6.07, 6.45) is 3.35. The van der Waals surface area contributed by atoms with Crippen molar-refractivity contribution in [1.82, 2.24) is 10.6 Å².